The molecule has 0 bridgehead atoms. The van der Waals surface area contributed by atoms with Crippen molar-refractivity contribution < 1.29 is 13.9 Å². The summed E-state index contributed by atoms with van der Waals surface area (Å²) >= 11 is 0. The van der Waals surface area contributed by atoms with Crippen molar-refractivity contribution in [3.05, 3.63) is 65.5 Å². The van der Waals surface area contributed by atoms with E-state index in [4.69, 9.17) is 4.74 Å². The second-order valence-electron chi connectivity index (χ2n) is 8.85. The van der Waals surface area contributed by atoms with Crippen LogP contribution in [0.1, 0.15) is 54.7 Å². The Balaban J connectivity index is 0.00000253. The Morgan fingerprint density at radius 2 is 2.09 bits per heavy atom. The van der Waals surface area contributed by atoms with E-state index in [1.807, 2.05) is 30.7 Å². The van der Waals surface area contributed by atoms with Gasteiger partial charge in [-0.05, 0) is 66.9 Å². The van der Waals surface area contributed by atoms with Crippen LogP contribution in [0.2, 0.25) is 0 Å². The second-order valence-corrected chi connectivity index (χ2v) is 8.85. The number of hydrogen-bond acceptors (Lipinski definition) is 6. The third-order valence-electron chi connectivity index (χ3n) is 6.19. The third-order valence-corrected chi connectivity index (χ3v) is 6.19. The largest absolute Gasteiger partial charge is 0.486 e. The summed E-state index contributed by atoms with van der Waals surface area (Å²) in [6.45, 7) is 4.17. The predicted octanol–water partition coefficient (Wildman–Crippen LogP) is 4.52. The molecule has 6 rings (SSSR count). The topological polar surface area (TPSA) is 99.7 Å². The van der Waals surface area contributed by atoms with E-state index in [2.05, 4.69) is 25.8 Å². The number of aromatic nitrogens is 6. The molecule has 2 aromatic carbocycles. The van der Waals surface area contributed by atoms with Crippen molar-refractivity contribution in [1.82, 2.24) is 29.8 Å². The van der Waals surface area contributed by atoms with Crippen LogP contribution in [0.15, 0.2) is 42.9 Å². The number of fused-ring (bicyclic) bond motifs is 3. The molecule has 10 heteroatoms. The molecule has 1 aliphatic heterocycles. The van der Waals surface area contributed by atoms with Gasteiger partial charge in [0.1, 0.15) is 11.9 Å². The van der Waals surface area contributed by atoms with Crippen LogP contribution in [0.5, 0.6) is 5.75 Å². The summed E-state index contributed by atoms with van der Waals surface area (Å²) in [5.41, 5.74) is 3.46. The Morgan fingerprint density at radius 3 is 2.89 bits per heavy atom. The molecule has 0 unspecified atom stereocenters. The Hall–Kier alpha value is -4.08. The van der Waals surface area contributed by atoms with Gasteiger partial charge in [-0.2, -0.15) is 0 Å². The lowest BCUT2D eigenvalue weighted by Gasteiger charge is -2.17. The van der Waals surface area contributed by atoms with Crippen LogP contribution in [-0.4, -0.2) is 41.8 Å². The third kappa shape index (κ3) is 4.05. The lowest BCUT2D eigenvalue weighted by atomic mass is 10.1. The Bertz CT molecular complexity index is 1420. The molecular weight excluding hydrogens is 449 g/mol. The zero-order valence-corrected chi connectivity index (χ0v) is 18.7. The number of nitrogens with one attached hydrogen (secondary N) is 1. The molecule has 1 saturated carbocycles. The van der Waals surface area contributed by atoms with E-state index < -0.39 is 11.7 Å². The number of halogens is 1. The van der Waals surface area contributed by atoms with Crippen LogP contribution in [0.4, 0.5) is 10.1 Å². The molecule has 1 fully saturated rings. The average molecular weight is 476 g/mol. The second kappa shape index (κ2) is 8.61. The predicted molar refractivity (Wildman–Crippen MR) is 128 cm³/mol. The first-order valence-corrected chi connectivity index (χ1v) is 11.2. The van der Waals surface area contributed by atoms with Crippen molar-refractivity contribution in [3.63, 3.8) is 0 Å². The number of nitrogens with zero attached hydrogens (tertiary/aromatic N) is 6. The molecule has 4 aromatic rings. The van der Waals surface area contributed by atoms with Crippen molar-refractivity contribution in [2.75, 3.05) is 5.32 Å². The van der Waals surface area contributed by atoms with Gasteiger partial charge in [-0.1, -0.05) is 13.5 Å². The van der Waals surface area contributed by atoms with Crippen LogP contribution < -0.4 is 10.1 Å². The van der Waals surface area contributed by atoms with Crippen LogP contribution in [0.25, 0.3) is 17.1 Å². The summed E-state index contributed by atoms with van der Waals surface area (Å²) < 4.78 is 24.5. The van der Waals surface area contributed by atoms with E-state index >= 15 is 0 Å². The molecule has 9 nitrogen and oxygen atoms in total. The maximum Gasteiger partial charge on any atom is 0.258 e. The van der Waals surface area contributed by atoms with Gasteiger partial charge in [0.05, 0.1) is 41.1 Å². The van der Waals surface area contributed by atoms with Crippen LogP contribution in [0, 0.1) is 12.7 Å². The Kier molecular flexibility index (Phi) is 5.58. The number of anilines is 1. The molecule has 0 saturated heterocycles. The van der Waals surface area contributed by atoms with E-state index in [9.17, 15) is 9.18 Å². The number of para-hydroxylation sites is 1. The first-order chi connectivity index (χ1) is 16.5. The van der Waals surface area contributed by atoms with Gasteiger partial charge in [-0.15, -0.1) is 5.10 Å². The molecule has 180 valence electrons. The molecule has 1 amide bonds. The summed E-state index contributed by atoms with van der Waals surface area (Å²) in [7, 11) is 0. The van der Waals surface area contributed by atoms with Crippen molar-refractivity contribution in [3.8, 4) is 22.8 Å². The van der Waals surface area contributed by atoms with Gasteiger partial charge in [0.2, 0.25) is 0 Å². The van der Waals surface area contributed by atoms with Gasteiger partial charge in [-0.25, -0.2) is 14.1 Å². The highest BCUT2D eigenvalue weighted by molar-refractivity contribution is 6.06. The highest BCUT2D eigenvalue weighted by atomic mass is 19.1. The van der Waals surface area contributed by atoms with Crippen LogP contribution >= 0.6 is 0 Å². The molecule has 35 heavy (non-hydrogen) atoms. The normalized spacial score (nSPS) is 16.4. The number of tetrazole rings is 1. The summed E-state index contributed by atoms with van der Waals surface area (Å²) in [6, 6.07) is 8.25. The molecule has 3 heterocycles. The molecule has 0 spiro atoms. The highest BCUT2D eigenvalue weighted by Gasteiger charge is 2.27. The van der Waals surface area contributed by atoms with Gasteiger partial charge >= 0.3 is 0 Å². The standard InChI is InChI=1S/C24H22FN7O2.CH4/c1-13-8-18(25)17(9-21(13)31-11-20(26-12-31)15-6-7-15)24(33)27-19-5-3-4-16-22(19)34-14(2)10-32-23(16)28-29-30-32;/h3-5,8-9,11-12,14-15H,6-7,10H2,1-2H3,(H,27,33);1H4/t14-;/m0./s1. The van der Waals surface area contributed by atoms with E-state index in [1.165, 1.54) is 6.07 Å². The summed E-state index contributed by atoms with van der Waals surface area (Å²) in [5.74, 6) is 0.331. The number of imidazole rings is 1. The molecule has 1 aliphatic carbocycles. The minimum atomic E-state index is -0.596. The number of aryl methyl sites for hydroxylation is 1. The zero-order valence-electron chi connectivity index (χ0n) is 18.7. The molecule has 1 N–H and O–H groups in total. The summed E-state index contributed by atoms with van der Waals surface area (Å²) in [5, 5.41) is 14.7. The van der Waals surface area contributed by atoms with Gasteiger partial charge in [0, 0.05) is 12.1 Å². The fourth-order valence-electron chi connectivity index (χ4n) is 4.30. The number of ether oxygens (including phenoxy) is 1. The smallest absolute Gasteiger partial charge is 0.258 e. The summed E-state index contributed by atoms with van der Waals surface area (Å²) in [6.07, 6.45) is 5.72. The van der Waals surface area contributed by atoms with Crippen molar-refractivity contribution >= 4 is 11.6 Å². The van der Waals surface area contributed by atoms with Crippen molar-refractivity contribution in [1.29, 1.82) is 0 Å². The zero-order chi connectivity index (χ0) is 23.4. The molecule has 2 aromatic heterocycles. The van der Waals surface area contributed by atoms with E-state index in [1.54, 1.807) is 29.2 Å². The molecule has 0 radical (unpaired) electrons. The number of amides is 1. The average Bonchev–Trinajstić information content (AvgIpc) is 3.40. The molecular formula is C25H26FN7O2. The monoisotopic (exact) mass is 475 g/mol. The number of hydrogen-bond donors (Lipinski definition) is 1. The quantitative estimate of drug-likeness (QED) is 0.466. The minimum Gasteiger partial charge on any atom is -0.486 e. The van der Waals surface area contributed by atoms with E-state index in [0.717, 1.165) is 18.5 Å². The van der Waals surface area contributed by atoms with Crippen molar-refractivity contribution in [2.45, 2.75) is 52.7 Å². The first-order valence-electron chi connectivity index (χ1n) is 11.2. The molecule has 2 aliphatic rings. The number of rotatable bonds is 4. The first kappa shape index (κ1) is 22.7. The fraction of sp³-hybridized carbons (Fsp3) is 0.320. The van der Waals surface area contributed by atoms with E-state index in [-0.39, 0.29) is 19.1 Å². The number of benzene rings is 2. The fourth-order valence-corrected chi connectivity index (χ4v) is 4.30. The van der Waals surface area contributed by atoms with Crippen LogP contribution in [0.3, 0.4) is 0 Å². The maximum absolute atomic E-state index is 14.9. The Labute approximate surface area is 201 Å². The van der Waals surface area contributed by atoms with Crippen LogP contribution in [-0.2, 0) is 6.54 Å². The van der Waals surface area contributed by atoms with Gasteiger partial charge in [-0.3, -0.25) is 4.79 Å². The number of carbonyl (C=O) groups excluding carboxylic acids is 1. The summed E-state index contributed by atoms with van der Waals surface area (Å²) in [4.78, 5) is 17.7. The van der Waals surface area contributed by atoms with E-state index in [0.29, 0.717) is 46.5 Å². The number of carbonyl (C=O) groups is 1. The highest BCUT2D eigenvalue weighted by Crippen LogP contribution is 2.40. The maximum atomic E-state index is 14.9. The van der Waals surface area contributed by atoms with Gasteiger partial charge in [0.25, 0.3) is 5.91 Å². The SMILES string of the molecule is C.Cc1cc(F)c(C(=O)Nc2cccc3c2O[C@@H](C)Cn2nnnc2-3)cc1-n1cnc(C2CC2)c1. The minimum absolute atomic E-state index is 0. The Morgan fingerprint density at radius 1 is 1.26 bits per heavy atom. The van der Waals surface area contributed by atoms with Gasteiger partial charge in [0.15, 0.2) is 11.6 Å². The molecule has 1 atom stereocenters. The van der Waals surface area contributed by atoms with Gasteiger partial charge < -0.3 is 14.6 Å². The lowest BCUT2D eigenvalue weighted by molar-refractivity contribution is 0.102. The lowest BCUT2D eigenvalue weighted by Crippen LogP contribution is -2.20. The van der Waals surface area contributed by atoms with Crippen molar-refractivity contribution in [2.24, 2.45) is 0 Å².